The molecule has 14 heteroatoms. The highest BCUT2D eigenvalue weighted by Crippen LogP contribution is 2.41. The molecule has 3 aliphatic rings. The lowest BCUT2D eigenvalue weighted by Crippen LogP contribution is -2.71. The molecule has 2 amide bonds. The second-order valence-electron chi connectivity index (χ2n) is 10.6. The topological polar surface area (TPSA) is 164 Å². The zero-order valence-electron chi connectivity index (χ0n) is 25.4. The highest BCUT2D eigenvalue weighted by atomic mass is 32.2. The van der Waals surface area contributed by atoms with Crippen LogP contribution in [0.15, 0.2) is 53.7 Å². The van der Waals surface area contributed by atoms with Crippen molar-refractivity contribution in [2.24, 2.45) is 0 Å². The van der Waals surface area contributed by atoms with Crippen molar-refractivity contribution in [2.45, 2.75) is 51.1 Å². The van der Waals surface area contributed by atoms with Crippen molar-refractivity contribution in [3.05, 3.63) is 70.4 Å². The fourth-order valence-electron chi connectivity index (χ4n) is 5.25. The number of benzene rings is 2. The summed E-state index contributed by atoms with van der Waals surface area (Å²) >= 11 is 1.27. The minimum atomic E-state index is -1.33. The van der Waals surface area contributed by atoms with Crippen molar-refractivity contribution in [2.75, 3.05) is 25.6 Å². The summed E-state index contributed by atoms with van der Waals surface area (Å²) < 4.78 is 26.4. The second kappa shape index (κ2) is 14.1. The molecule has 242 valence electrons. The number of fused-ring (bicyclic) bond motifs is 2. The van der Waals surface area contributed by atoms with Gasteiger partial charge in [-0.1, -0.05) is 24.3 Å². The van der Waals surface area contributed by atoms with Gasteiger partial charge in [0.05, 0.1) is 13.2 Å². The number of carbonyl (C=O) groups excluding carboxylic acids is 6. The zero-order valence-corrected chi connectivity index (χ0v) is 26.2. The summed E-state index contributed by atoms with van der Waals surface area (Å²) in [5.41, 5.74) is 2.17. The third kappa shape index (κ3) is 7.01. The molecule has 0 radical (unpaired) electrons. The first-order valence-electron chi connectivity index (χ1n) is 14.5. The van der Waals surface area contributed by atoms with Crippen molar-refractivity contribution in [3.63, 3.8) is 0 Å². The van der Waals surface area contributed by atoms with E-state index in [0.717, 1.165) is 5.56 Å². The first kappa shape index (κ1) is 32.5. The number of rotatable bonds is 11. The maximum absolute atomic E-state index is 13.6. The number of β-lactam (4-membered cyclic amide) rings is 1. The summed E-state index contributed by atoms with van der Waals surface area (Å²) in [6.07, 6.45) is 0.635. The molecular formula is C32H32N2O11S. The molecule has 3 aliphatic heterocycles. The van der Waals surface area contributed by atoms with Crippen LogP contribution in [0.1, 0.15) is 43.4 Å². The van der Waals surface area contributed by atoms with Crippen LogP contribution in [0.3, 0.4) is 0 Å². The third-order valence-corrected chi connectivity index (χ3v) is 8.71. The SMILES string of the molecule is CCOC(=O)C(C(=O)NC1C(=O)N2C(C(=O)OCc3ccc(OC(C)=O)cc3)=C(COC(C)=O)CSC12)c1ccc2c(c1)CCO2. The van der Waals surface area contributed by atoms with Crippen LogP contribution in [-0.4, -0.2) is 77.6 Å². The Balaban J connectivity index is 1.32. The molecule has 1 fully saturated rings. The van der Waals surface area contributed by atoms with Gasteiger partial charge in [0.15, 0.2) is 5.92 Å². The summed E-state index contributed by atoms with van der Waals surface area (Å²) in [6, 6.07) is 10.4. The normalized spacial score (nSPS) is 18.7. The summed E-state index contributed by atoms with van der Waals surface area (Å²) in [5.74, 6) is -4.02. The van der Waals surface area contributed by atoms with E-state index in [0.29, 0.717) is 41.2 Å². The lowest BCUT2D eigenvalue weighted by Gasteiger charge is -2.49. The van der Waals surface area contributed by atoms with Crippen LogP contribution < -0.4 is 14.8 Å². The van der Waals surface area contributed by atoms with E-state index in [2.05, 4.69) is 5.32 Å². The molecule has 0 bridgehead atoms. The van der Waals surface area contributed by atoms with Gasteiger partial charge in [-0.3, -0.25) is 28.9 Å². The van der Waals surface area contributed by atoms with Crippen molar-refractivity contribution in [3.8, 4) is 11.5 Å². The lowest BCUT2D eigenvalue weighted by molar-refractivity contribution is -0.155. The van der Waals surface area contributed by atoms with Gasteiger partial charge in [-0.15, -0.1) is 11.8 Å². The van der Waals surface area contributed by atoms with Crippen molar-refractivity contribution >= 4 is 47.5 Å². The molecule has 1 saturated heterocycles. The van der Waals surface area contributed by atoms with Gasteiger partial charge in [-0.05, 0) is 41.8 Å². The lowest BCUT2D eigenvalue weighted by atomic mass is 9.94. The number of hydrogen-bond donors (Lipinski definition) is 1. The molecule has 0 aliphatic carbocycles. The number of hydrogen-bond acceptors (Lipinski definition) is 12. The maximum Gasteiger partial charge on any atom is 0.355 e. The van der Waals surface area contributed by atoms with Gasteiger partial charge in [0.25, 0.3) is 5.91 Å². The number of nitrogens with one attached hydrogen (secondary N) is 1. The van der Waals surface area contributed by atoms with Crippen LogP contribution in [0.4, 0.5) is 0 Å². The molecule has 0 saturated carbocycles. The molecule has 1 N–H and O–H groups in total. The van der Waals surface area contributed by atoms with Gasteiger partial charge in [-0.2, -0.15) is 0 Å². The number of amides is 2. The van der Waals surface area contributed by atoms with E-state index in [9.17, 15) is 28.8 Å². The molecule has 3 heterocycles. The smallest absolute Gasteiger partial charge is 0.355 e. The minimum Gasteiger partial charge on any atom is -0.493 e. The van der Waals surface area contributed by atoms with E-state index in [1.54, 1.807) is 49.4 Å². The monoisotopic (exact) mass is 652 g/mol. The summed E-state index contributed by atoms with van der Waals surface area (Å²) in [5, 5.41) is 2.01. The molecule has 3 unspecified atom stereocenters. The van der Waals surface area contributed by atoms with Gasteiger partial charge >= 0.3 is 23.9 Å². The van der Waals surface area contributed by atoms with Crippen molar-refractivity contribution in [1.82, 2.24) is 10.2 Å². The second-order valence-corrected chi connectivity index (χ2v) is 11.7. The fourth-order valence-corrected chi connectivity index (χ4v) is 6.58. The Morgan fingerprint density at radius 2 is 1.76 bits per heavy atom. The average Bonchev–Trinajstić information content (AvgIpc) is 3.50. The largest absolute Gasteiger partial charge is 0.493 e. The molecule has 0 spiro atoms. The zero-order chi connectivity index (χ0) is 33.0. The van der Waals surface area contributed by atoms with E-state index in [1.165, 1.54) is 30.5 Å². The highest BCUT2D eigenvalue weighted by Gasteiger charge is 2.55. The van der Waals surface area contributed by atoms with Gasteiger partial charge < -0.3 is 29.0 Å². The van der Waals surface area contributed by atoms with Crippen molar-refractivity contribution in [1.29, 1.82) is 0 Å². The van der Waals surface area contributed by atoms with E-state index in [4.69, 9.17) is 23.7 Å². The van der Waals surface area contributed by atoms with E-state index in [-0.39, 0.29) is 31.3 Å². The van der Waals surface area contributed by atoms with E-state index < -0.39 is 53.0 Å². The summed E-state index contributed by atoms with van der Waals surface area (Å²) in [7, 11) is 0. The summed E-state index contributed by atoms with van der Waals surface area (Å²) in [4.78, 5) is 77.4. The van der Waals surface area contributed by atoms with Crippen LogP contribution in [0.25, 0.3) is 0 Å². The Morgan fingerprint density at radius 1 is 1.00 bits per heavy atom. The summed E-state index contributed by atoms with van der Waals surface area (Å²) in [6.45, 7) is 4.31. The van der Waals surface area contributed by atoms with Crippen molar-refractivity contribution < 1.29 is 52.5 Å². The van der Waals surface area contributed by atoms with Crippen LogP contribution in [0.2, 0.25) is 0 Å². The Bertz CT molecular complexity index is 1600. The maximum atomic E-state index is 13.6. The van der Waals surface area contributed by atoms with Crippen LogP contribution >= 0.6 is 11.8 Å². The number of thioether (sulfide) groups is 1. The Labute approximate surface area is 268 Å². The minimum absolute atomic E-state index is 0.0585. The number of ether oxygens (including phenoxy) is 5. The molecule has 2 aromatic rings. The number of nitrogens with zero attached hydrogens (tertiary/aromatic N) is 1. The molecule has 0 aromatic heterocycles. The van der Waals surface area contributed by atoms with Crippen LogP contribution in [-0.2, 0) is 56.0 Å². The molecule has 5 rings (SSSR count). The standard InChI is InChI=1S/C32H32N2O11S/c1-4-41-31(39)25(21-7-10-24-20(13-21)11-12-42-24)28(37)33-26-29(38)34-27(22(15-43-17(2)35)16-46-30(26)34)32(40)44-14-19-5-8-23(9-6-19)45-18(3)36/h5-10,13,25-26,30H,4,11-12,14-16H2,1-3H3,(H,33,37). The third-order valence-electron chi connectivity index (χ3n) is 7.37. The molecule has 46 heavy (non-hydrogen) atoms. The first-order valence-corrected chi connectivity index (χ1v) is 15.6. The van der Waals surface area contributed by atoms with E-state index in [1.807, 2.05) is 0 Å². The Hall–Kier alpha value is -4.85. The predicted octanol–water partition coefficient (Wildman–Crippen LogP) is 2.15. The molecule has 2 aromatic carbocycles. The Kier molecular flexibility index (Phi) is 9.95. The molecular weight excluding hydrogens is 620 g/mol. The van der Waals surface area contributed by atoms with Gasteiger partial charge in [0.2, 0.25) is 5.91 Å². The number of esters is 4. The van der Waals surface area contributed by atoms with Gasteiger partial charge in [0, 0.05) is 31.6 Å². The van der Waals surface area contributed by atoms with E-state index >= 15 is 0 Å². The fraction of sp³-hybridized carbons (Fsp3) is 0.375. The molecule has 3 atom stereocenters. The van der Waals surface area contributed by atoms with Crippen LogP contribution in [0.5, 0.6) is 11.5 Å². The quantitative estimate of drug-likeness (QED) is 0.124. The van der Waals surface area contributed by atoms with Crippen LogP contribution in [0, 0.1) is 0 Å². The Morgan fingerprint density at radius 3 is 2.46 bits per heavy atom. The highest BCUT2D eigenvalue weighted by molar-refractivity contribution is 8.00. The van der Waals surface area contributed by atoms with Gasteiger partial charge in [0.1, 0.15) is 41.8 Å². The molecule has 13 nitrogen and oxygen atoms in total. The first-order chi connectivity index (χ1) is 22.1. The average molecular weight is 653 g/mol. The number of carbonyl (C=O) groups is 6. The predicted molar refractivity (Wildman–Crippen MR) is 161 cm³/mol. The van der Waals surface area contributed by atoms with Gasteiger partial charge in [-0.25, -0.2) is 4.79 Å².